The Labute approximate surface area is 262 Å². The van der Waals surface area contributed by atoms with Gasteiger partial charge in [0.25, 0.3) is 0 Å². The summed E-state index contributed by atoms with van der Waals surface area (Å²) >= 11 is 0. The van der Waals surface area contributed by atoms with Crippen molar-refractivity contribution in [3.63, 3.8) is 0 Å². The molecule has 0 aromatic rings. The molecule has 0 aromatic carbocycles. The van der Waals surface area contributed by atoms with Gasteiger partial charge >= 0.3 is 60.7 Å². The summed E-state index contributed by atoms with van der Waals surface area (Å²) in [5.41, 5.74) is 0. The van der Waals surface area contributed by atoms with Crippen molar-refractivity contribution in [3.8, 4) is 0 Å². The lowest BCUT2D eigenvalue weighted by Gasteiger charge is -2.51. The van der Waals surface area contributed by atoms with E-state index in [0.29, 0.717) is 36.3 Å². The van der Waals surface area contributed by atoms with Crippen molar-refractivity contribution >= 4 is 60.7 Å². The lowest BCUT2D eigenvalue weighted by molar-refractivity contribution is 0.122. The largest absolute Gasteiger partial charge is 0.500 e. The first-order chi connectivity index (χ1) is 19.6. The van der Waals surface area contributed by atoms with Crippen molar-refractivity contribution in [2.75, 3.05) is 64.0 Å². The van der Waals surface area contributed by atoms with E-state index in [4.69, 9.17) is 56.3 Å². The standard InChI is InChI=1S/C22H58O13Si7/c1-15-16-36(11)32-37(12,17-20-40(23-2,24-3)25-4)34-39(14,19-22-42(29-8,30-9)31-10)35-38(13,33-36)18-21-41(26-5,27-6)28-7/h15-22H2,1-14H3. The Morgan fingerprint density at radius 2 is 0.571 bits per heavy atom. The molecule has 1 fully saturated rings. The summed E-state index contributed by atoms with van der Waals surface area (Å²) in [6, 6.07) is 4.20. The molecule has 2 unspecified atom stereocenters. The van der Waals surface area contributed by atoms with Gasteiger partial charge in [0.1, 0.15) is 0 Å². The van der Waals surface area contributed by atoms with Crippen LogP contribution in [0.3, 0.4) is 0 Å². The monoisotopic (exact) mass is 726 g/mol. The maximum absolute atomic E-state index is 7.22. The molecule has 0 saturated carbocycles. The molecule has 0 amide bonds. The maximum atomic E-state index is 7.22. The molecule has 252 valence electrons. The predicted octanol–water partition coefficient (Wildman–Crippen LogP) is 4.40. The van der Waals surface area contributed by atoms with Crippen LogP contribution in [0.4, 0.5) is 0 Å². The van der Waals surface area contributed by atoms with Crippen molar-refractivity contribution in [1.29, 1.82) is 0 Å². The fourth-order valence-electron chi connectivity index (χ4n) is 5.58. The summed E-state index contributed by atoms with van der Waals surface area (Å²) in [5.74, 6) is 0. The molecule has 0 N–H and O–H groups in total. The predicted molar refractivity (Wildman–Crippen MR) is 175 cm³/mol. The van der Waals surface area contributed by atoms with Gasteiger partial charge in [-0.3, -0.25) is 0 Å². The van der Waals surface area contributed by atoms with E-state index in [2.05, 4.69) is 33.1 Å². The van der Waals surface area contributed by atoms with Crippen LogP contribution in [0, 0.1) is 0 Å². The van der Waals surface area contributed by atoms with Gasteiger partial charge in [0.15, 0.2) is 0 Å². The summed E-state index contributed by atoms with van der Waals surface area (Å²) in [6.45, 7) is 10.6. The van der Waals surface area contributed by atoms with Crippen LogP contribution in [0.5, 0.6) is 0 Å². The van der Waals surface area contributed by atoms with Crippen LogP contribution in [-0.2, 0) is 56.3 Å². The first-order valence-electron chi connectivity index (χ1n) is 14.3. The van der Waals surface area contributed by atoms with E-state index in [0.717, 1.165) is 12.5 Å². The van der Waals surface area contributed by atoms with E-state index in [1.54, 1.807) is 64.0 Å². The van der Waals surface area contributed by atoms with E-state index in [-0.39, 0.29) is 0 Å². The molecule has 1 heterocycles. The van der Waals surface area contributed by atoms with Crippen LogP contribution < -0.4 is 0 Å². The molecular formula is C22H58O13Si7. The van der Waals surface area contributed by atoms with Crippen molar-refractivity contribution < 1.29 is 56.3 Å². The van der Waals surface area contributed by atoms with Gasteiger partial charge in [0, 0.05) is 82.1 Å². The molecule has 42 heavy (non-hydrogen) atoms. The lowest BCUT2D eigenvalue weighted by Crippen LogP contribution is -2.68. The van der Waals surface area contributed by atoms with E-state index < -0.39 is 60.7 Å². The van der Waals surface area contributed by atoms with Crippen LogP contribution >= 0.6 is 0 Å². The molecule has 0 spiro atoms. The zero-order valence-corrected chi connectivity index (χ0v) is 35.5. The Hall–Kier alpha value is 0.998. The lowest BCUT2D eigenvalue weighted by atomic mass is 10.6. The summed E-state index contributed by atoms with van der Waals surface area (Å²) < 4.78 is 80.5. The summed E-state index contributed by atoms with van der Waals surface area (Å²) in [4.78, 5) is 0. The minimum Gasteiger partial charge on any atom is -0.416 e. The summed E-state index contributed by atoms with van der Waals surface area (Å²) in [6.07, 6.45) is 0.913. The zero-order valence-electron chi connectivity index (χ0n) is 28.5. The van der Waals surface area contributed by atoms with Gasteiger partial charge in [0.2, 0.25) is 0 Å². The molecule has 13 nitrogen and oxygen atoms in total. The second kappa shape index (κ2) is 17.2. The third kappa shape index (κ3) is 11.1. The molecule has 1 saturated heterocycles. The van der Waals surface area contributed by atoms with Gasteiger partial charge in [0.05, 0.1) is 0 Å². The Morgan fingerprint density at radius 3 is 0.738 bits per heavy atom. The average molecular weight is 727 g/mol. The topological polar surface area (TPSA) is 120 Å². The normalized spacial score (nSPS) is 29.9. The van der Waals surface area contributed by atoms with Crippen molar-refractivity contribution in [2.24, 2.45) is 0 Å². The third-order valence-electron chi connectivity index (χ3n) is 7.89. The quantitative estimate of drug-likeness (QED) is 0.165. The van der Waals surface area contributed by atoms with Crippen LogP contribution in [-0.4, -0.2) is 125 Å². The third-order valence-corrected chi connectivity index (χ3v) is 36.3. The Balaban J connectivity index is 3.60. The minimum atomic E-state index is -3.01. The van der Waals surface area contributed by atoms with Crippen LogP contribution in [0.1, 0.15) is 13.3 Å². The van der Waals surface area contributed by atoms with Crippen molar-refractivity contribution in [1.82, 2.24) is 0 Å². The molecule has 20 heteroatoms. The molecule has 0 aromatic heterocycles. The zero-order chi connectivity index (χ0) is 32.3. The van der Waals surface area contributed by atoms with Crippen molar-refractivity contribution in [3.05, 3.63) is 0 Å². The Morgan fingerprint density at radius 1 is 0.381 bits per heavy atom. The molecule has 1 rings (SSSR count). The second-order valence-electron chi connectivity index (χ2n) is 11.1. The summed E-state index contributed by atoms with van der Waals surface area (Å²) in [7, 11) is -5.78. The highest BCUT2D eigenvalue weighted by Crippen LogP contribution is 2.41. The van der Waals surface area contributed by atoms with Gasteiger partial charge in [-0.2, -0.15) is 0 Å². The number of hydrogen-bond acceptors (Lipinski definition) is 13. The highest BCUT2D eigenvalue weighted by Gasteiger charge is 2.59. The highest BCUT2D eigenvalue weighted by atomic mass is 28.5. The first kappa shape index (κ1) is 41.0. The fourth-order valence-corrected chi connectivity index (χ4v) is 39.0. The van der Waals surface area contributed by atoms with Gasteiger partial charge in [-0.1, -0.05) is 13.3 Å². The van der Waals surface area contributed by atoms with E-state index in [1.807, 2.05) is 0 Å². The Bertz CT molecular complexity index is 725. The second-order valence-corrected chi connectivity index (χ2v) is 34.7. The van der Waals surface area contributed by atoms with E-state index in [9.17, 15) is 0 Å². The molecular weight excluding hydrogens is 669 g/mol. The minimum absolute atomic E-state index is 0.525. The van der Waals surface area contributed by atoms with Gasteiger partial charge in [-0.15, -0.1) is 0 Å². The van der Waals surface area contributed by atoms with E-state index in [1.165, 1.54) is 0 Å². The summed E-state index contributed by atoms with van der Waals surface area (Å²) in [5, 5.41) is 0. The van der Waals surface area contributed by atoms with Gasteiger partial charge < -0.3 is 56.3 Å². The maximum Gasteiger partial charge on any atom is 0.500 e. The molecule has 1 aliphatic heterocycles. The fraction of sp³-hybridized carbons (Fsp3) is 1.00. The van der Waals surface area contributed by atoms with Crippen LogP contribution in [0.25, 0.3) is 0 Å². The molecule has 0 radical (unpaired) electrons. The van der Waals surface area contributed by atoms with Crippen molar-refractivity contribution in [2.45, 2.75) is 81.8 Å². The Kier molecular flexibility index (Phi) is 16.8. The van der Waals surface area contributed by atoms with Gasteiger partial charge in [-0.25, -0.2) is 0 Å². The van der Waals surface area contributed by atoms with E-state index >= 15 is 0 Å². The highest BCUT2D eigenvalue weighted by molar-refractivity contribution is 6.94. The SMILES string of the molecule is CCC[Si]1(C)O[Si](C)(CC[Si](OC)(OC)OC)O[Si](C)(CC[Si](OC)(OC)OC)O[Si](C)(CC[Si](OC)(OC)OC)O1. The molecule has 0 bridgehead atoms. The van der Waals surface area contributed by atoms with Crippen LogP contribution in [0.15, 0.2) is 0 Å². The molecule has 2 atom stereocenters. The average Bonchev–Trinajstić information content (AvgIpc) is 2.95. The van der Waals surface area contributed by atoms with Gasteiger partial charge in [-0.05, 0) is 50.4 Å². The number of rotatable bonds is 20. The molecule has 0 aliphatic carbocycles. The number of hydrogen-bond donors (Lipinski definition) is 0. The molecule has 1 aliphatic rings. The van der Waals surface area contributed by atoms with Crippen LogP contribution in [0.2, 0.25) is 68.5 Å². The smallest absolute Gasteiger partial charge is 0.416 e. The first-order valence-corrected chi connectivity index (χ1v) is 30.2.